The van der Waals surface area contributed by atoms with Crippen molar-refractivity contribution in [3.8, 4) is 11.5 Å². The van der Waals surface area contributed by atoms with Gasteiger partial charge in [0, 0.05) is 29.6 Å². The third kappa shape index (κ3) is 5.08. The van der Waals surface area contributed by atoms with Crippen LogP contribution >= 0.6 is 11.6 Å². The van der Waals surface area contributed by atoms with E-state index in [-0.39, 0.29) is 29.9 Å². The molecule has 1 aliphatic rings. The van der Waals surface area contributed by atoms with E-state index in [1.54, 1.807) is 12.1 Å². The van der Waals surface area contributed by atoms with Crippen LogP contribution in [0.25, 0.3) is 10.9 Å². The van der Waals surface area contributed by atoms with Gasteiger partial charge in [-0.25, -0.2) is 4.39 Å². The van der Waals surface area contributed by atoms with E-state index in [1.165, 1.54) is 12.1 Å². The number of nitrogens with zero attached hydrogens (tertiary/aromatic N) is 1. The summed E-state index contributed by atoms with van der Waals surface area (Å²) >= 11 is 5.60. The topological polar surface area (TPSA) is 105 Å². The Kier molecular flexibility index (Phi) is 6.11. The molecular formula is C22H18ClFN4O4. The van der Waals surface area contributed by atoms with Gasteiger partial charge in [0.1, 0.15) is 17.3 Å². The number of aryl methyl sites for hydroxylation is 1. The monoisotopic (exact) mass is 456 g/mol. The lowest BCUT2D eigenvalue weighted by Crippen LogP contribution is -2.34. The van der Waals surface area contributed by atoms with E-state index in [0.29, 0.717) is 23.6 Å². The number of carbonyl (C=O) groups excluding carboxylic acids is 2. The van der Waals surface area contributed by atoms with Crippen LogP contribution in [0.15, 0.2) is 53.5 Å². The number of fused-ring (bicyclic) bond motifs is 1. The lowest BCUT2D eigenvalue weighted by molar-refractivity contribution is -0.122. The van der Waals surface area contributed by atoms with Crippen LogP contribution in [-0.4, -0.2) is 35.2 Å². The zero-order valence-electron chi connectivity index (χ0n) is 16.9. The van der Waals surface area contributed by atoms with Crippen LogP contribution in [0.3, 0.4) is 0 Å². The van der Waals surface area contributed by atoms with Crippen LogP contribution in [0, 0.1) is 12.7 Å². The molecule has 2 amide bonds. The first-order chi connectivity index (χ1) is 15.4. The molecule has 0 saturated heterocycles. The summed E-state index contributed by atoms with van der Waals surface area (Å²) in [5, 5.41) is 13.3. The van der Waals surface area contributed by atoms with Gasteiger partial charge in [0.2, 0.25) is 0 Å². The van der Waals surface area contributed by atoms with E-state index >= 15 is 0 Å². The Hall–Kier alpha value is -3.81. The average molecular weight is 457 g/mol. The molecule has 0 bridgehead atoms. The first kappa shape index (κ1) is 21.4. The highest BCUT2D eigenvalue weighted by Gasteiger charge is 2.17. The molecule has 3 aromatic rings. The molecule has 10 heteroatoms. The standard InChI is InChI=1S/C22H18ClFN4O4/c1-12-17-4-2-16(9-20(17)28-27-12)32-11-22(30)26-14-6-13(7-14)25-21(29)10-31-15-3-5-18(23)19(24)8-15/h2-5,8-9H,6,10-11H2,1H3,(H,25,29)(H,26,30)(H,27,28). The molecule has 2 aromatic carbocycles. The molecule has 1 aliphatic carbocycles. The fraction of sp³-hybridized carbons (Fsp3) is 0.182. The first-order valence-corrected chi connectivity index (χ1v) is 9.99. The van der Waals surface area contributed by atoms with Gasteiger partial charge in [0.15, 0.2) is 13.2 Å². The summed E-state index contributed by atoms with van der Waals surface area (Å²) in [6.45, 7) is 1.45. The van der Waals surface area contributed by atoms with Gasteiger partial charge < -0.3 is 20.1 Å². The minimum Gasteiger partial charge on any atom is -0.484 e. The highest BCUT2D eigenvalue weighted by atomic mass is 35.5. The van der Waals surface area contributed by atoms with Crippen molar-refractivity contribution in [3.63, 3.8) is 0 Å². The van der Waals surface area contributed by atoms with Gasteiger partial charge in [-0.2, -0.15) is 5.10 Å². The van der Waals surface area contributed by atoms with Crippen molar-refractivity contribution in [2.45, 2.75) is 13.3 Å². The zero-order valence-corrected chi connectivity index (χ0v) is 17.7. The molecule has 0 fully saturated rings. The summed E-state index contributed by atoms with van der Waals surface area (Å²) in [7, 11) is 0. The number of hydrogen-bond donors (Lipinski definition) is 3. The SMILES string of the molecule is Cc1[nH]nc2cc(OCC(=O)NC3=C=C(NC(=O)COc4ccc(Cl)c(F)c4)C3)ccc12. The largest absolute Gasteiger partial charge is 0.484 e. The van der Waals surface area contributed by atoms with Gasteiger partial charge in [-0.05, 0) is 31.2 Å². The van der Waals surface area contributed by atoms with Crippen molar-refractivity contribution in [3.05, 3.63) is 70.1 Å². The van der Waals surface area contributed by atoms with Crippen LogP contribution in [0.1, 0.15) is 12.1 Å². The zero-order chi connectivity index (χ0) is 22.7. The second-order valence-electron chi connectivity index (χ2n) is 7.04. The summed E-state index contributed by atoms with van der Waals surface area (Å²) in [5.74, 6) is -0.680. The number of rotatable bonds is 8. The molecule has 0 radical (unpaired) electrons. The van der Waals surface area contributed by atoms with Crippen LogP contribution in [0.5, 0.6) is 11.5 Å². The molecule has 1 heterocycles. The van der Waals surface area contributed by atoms with Gasteiger partial charge in [0.05, 0.1) is 21.9 Å². The summed E-state index contributed by atoms with van der Waals surface area (Å²) in [4.78, 5) is 24.0. The van der Waals surface area contributed by atoms with Gasteiger partial charge >= 0.3 is 0 Å². The summed E-state index contributed by atoms with van der Waals surface area (Å²) in [5.41, 5.74) is 5.61. The second kappa shape index (κ2) is 9.13. The van der Waals surface area contributed by atoms with Crippen molar-refractivity contribution in [1.82, 2.24) is 20.8 Å². The number of hydrogen-bond acceptors (Lipinski definition) is 5. The summed E-state index contributed by atoms with van der Waals surface area (Å²) in [6.07, 6.45) is 0.339. The van der Waals surface area contributed by atoms with E-state index in [1.807, 2.05) is 13.0 Å². The molecule has 8 nitrogen and oxygen atoms in total. The number of nitrogens with one attached hydrogen (secondary N) is 3. The number of aromatic nitrogens is 2. The van der Waals surface area contributed by atoms with Gasteiger partial charge in [-0.15, -0.1) is 0 Å². The smallest absolute Gasteiger partial charge is 0.262 e. The van der Waals surface area contributed by atoms with Gasteiger partial charge in [-0.1, -0.05) is 17.3 Å². The minimum absolute atomic E-state index is 0.0274. The van der Waals surface area contributed by atoms with E-state index in [4.69, 9.17) is 21.1 Å². The number of benzene rings is 2. The fourth-order valence-electron chi connectivity index (χ4n) is 2.98. The van der Waals surface area contributed by atoms with Crippen LogP contribution < -0.4 is 20.1 Å². The molecule has 0 unspecified atom stereocenters. The molecule has 3 N–H and O–H groups in total. The Balaban J connectivity index is 1.22. The lowest BCUT2D eigenvalue weighted by atomic mass is 10.1. The Morgan fingerprint density at radius 2 is 1.69 bits per heavy atom. The molecule has 32 heavy (non-hydrogen) atoms. The predicted octanol–water partition coefficient (Wildman–Crippen LogP) is 3.12. The highest BCUT2D eigenvalue weighted by Crippen LogP contribution is 2.22. The van der Waals surface area contributed by atoms with E-state index < -0.39 is 11.7 Å². The summed E-state index contributed by atoms with van der Waals surface area (Å²) < 4.78 is 24.1. The number of amides is 2. The van der Waals surface area contributed by atoms with Crippen LogP contribution in [-0.2, 0) is 9.59 Å². The van der Waals surface area contributed by atoms with Gasteiger partial charge in [-0.3, -0.25) is 14.7 Å². The van der Waals surface area contributed by atoms with Crippen molar-refractivity contribution in [2.75, 3.05) is 13.2 Å². The Morgan fingerprint density at radius 1 is 1.09 bits per heavy atom. The molecule has 0 spiro atoms. The van der Waals surface area contributed by atoms with E-state index in [0.717, 1.165) is 22.7 Å². The number of aromatic amines is 1. The molecule has 164 valence electrons. The predicted molar refractivity (Wildman–Crippen MR) is 115 cm³/mol. The van der Waals surface area contributed by atoms with Gasteiger partial charge in [0.25, 0.3) is 11.8 Å². The van der Waals surface area contributed by atoms with Crippen LogP contribution in [0.2, 0.25) is 5.02 Å². The first-order valence-electron chi connectivity index (χ1n) is 9.61. The molecule has 0 saturated carbocycles. The molecule has 0 aliphatic heterocycles. The average Bonchev–Trinajstić information content (AvgIpc) is 3.11. The normalized spacial score (nSPS) is 12.5. The quantitative estimate of drug-likeness (QED) is 0.452. The number of ether oxygens (including phenoxy) is 2. The number of halogens is 2. The maximum Gasteiger partial charge on any atom is 0.262 e. The maximum atomic E-state index is 13.4. The van der Waals surface area contributed by atoms with Crippen molar-refractivity contribution in [2.24, 2.45) is 0 Å². The molecule has 0 atom stereocenters. The van der Waals surface area contributed by atoms with E-state index in [9.17, 15) is 14.0 Å². The van der Waals surface area contributed by atoms with E-state index in [2.05, 4.69) is 26.6 Å². The Morgan fingerprint density at radius 3 is 2.31 bits per heavy atom. The lowest BCUT2D eigenvalue weighted by Gasteiger charge is -2.17. The highest BCUT2D eigenvalue weighted by molar-refractivity contribution is 6.30. The Labute approximate surface area is 187 Å². The molecule has 4 rings (SSSR count). The van der Waals surface area contributed by atoms with Crippen molar-refractivity contribution >= 4 is 34.3 Å². The third-order valence-electron chi connectivity index (χ3n) is 4.58. The molecular weight excluding hydrogens is 439 g/mol. The van der Waals surface area contributed by atoms with Crippen molar-refractivity contribution < 1.29 is 23.5 Å². The third-order valence-corrected chi connectivity index (χ3v) is 4.89. The number of H-pyrrole nitrogens is 1. The fourth-order valence-corrected chi connectivity index (χ4v) is 3.10. The maximum absolute atomic E-state index is 13.4. The van der Waals surface area contributed by atoms with Crippen LogP contribution in [0.4, 0.5) is 4.39 Å². The molecule has 1 aromatic heterocycles. The second-order valence-corrected chi connectivity index (χ2v) is 7.44. The summed E-state index contributed by atoms with van der Waals surface area (Å²) in [6, 6.07) is 9.31. The number of carbonyl (C=O) groups is 2. The Bertz CT molecular complexity index is 1280. The van der Waals surface area contributed by atoms with Crippen molar-refractivity contribution in [1.29, 1.82) is 0 Å². The minimum atomic E-state index is -0.629.